The lowest BCUT2D eigenvalue weighted by Gasteiger charge is -2.18. The fourth-order valence-corrected chi connectivity index (χ4v) is 4.36. The Kier molecular flexibility index (Phi) is 9.51. The van der Waals surface area contributed by atoms with Gasteiger partial charge in [-0.05, 0) is 49.2 Å². The second-order valence-electron chi connectivity index (χ2n) is 9.26. The Balaban J connectivity index is 1.45. The summed E-state index contributed by atoms with van der Waals surface area (Å²) in [4.78, 5) is 18.5. The summed E-state index contributed by atoms with van der Waals surface area (Å²) in [5.74, 6) is 2.24. The molecule has 0 amide bonds. The molecule has 7 nitrogen and oxygen atoms in total. The van der Waals surface area contributed by atoms with Crippen molar-refractivity contribution in [2.45, 2.75) is 45.7 Å². The molecule has 198 valence electrons. The first-order chi connectivity index (χ1) is 18.6. The Morgan fingerprint density at radius 1 is 1.00 bits per heavy atom. The predicted octanol–water partition coefficient (Wildman–Crippen LogP) is 4.08. The van der Waals surface area contributed by atoms with Crippen molar-refractivity contribution in [3.8, 4) is 11.5 Å². The summed E-state index contributed by atoms with van der Waals surface area (Å²) in [6.07, 6.45) is 3.40. The molecule has 0 aromatic heterocycles. The van der Waals surface area contributed by atoms with Gasteiger partial charge in [0.15, 0.2) is 0 Å². The highest BCUT2D eigenvalue weighted by Crippen LogP contribution is 2.28. The zero-order valence-corrected chi connectivity index (χ0v) is 22.1. The van der Waals surface area contributed by atoms with Gasteiger partial charge in [-0.15, -0.1) is 0 Å². The van der Waals surface area contributed by atoms with Crippen molar-refractivity contribution in [1.82, 2.24) is 5.32 Å². The topological polar surface area (TPSA) is 98.5 Å². The first kappa shape index (κ1) is 26.9. The number of hydrogen-bond acceptors (Lipinski definition) is 5. The molecule has 3 aromatic carbocycles. The van der Waals surface area contributed by atoms with E-state index < -0.39 is 6.17 Å². The van der Waals surface area contributed by atoms with Gasteiger partial charge in [0.05, 0.1) is 11.1 Å². The Morgan fingerprint density at radius 3 is 2.37 bits per heavy atom. The van der Waals surface area contributed by atoms with Crippen LogP contribution in [0.25, 0.3) is 0 Å². The van der Waals surface area contributed by atoms with Crippen molar-refractivity contribution in [3.63, 3.8) is 0 Å². The molecule has 0 saturated carbocycles. The molecule has 0 radical (unpaired) electrons. The molecule has 1 aliphatic rings. The summed E-state index contributed by atoms with van der Waals surface area (Å²) in [6, 6.07) is 25.1. The van der Waals surface area contributed by atoms with Crippen LogP contribution < -0.4 is 15.0 Å². The van der Waals surface area contributed by atoms with E-state index in [0.717, 1.165) is 42.6 Å². The van der Waals surface area contributed by atoms with Crippen LogP contribution in [0, 0.1) is 5.92 Å². The van der Waals surface area contributed by atoms with E-state index in [2.05, 4.69) is 17.2 Å². The number of esters is 1. The van der Waals surface area contributed by atoms with Gasteiger partial charge in [-0.2, -0.15) is 4.99 Å². The normalized spacial score (nSPS) is 15.6. The second kappa shape index (κ2) is 13.4. The number of nitrogens with one attached hydrogen (secondary N) is 2. The Hall–Kier alpha value is -4.13. The first-order valence-electron chi connectivity index (χ1n) is 13.3. The Morgan fingerprint density at radius 2 is 1.71 bits per heavy atom. The highest BCUT2D eigenvalue weighted by molar-refractivity contribution is 6.13. The molecule has 2 unspecified atom stereocenters. The molecule has 1 heterocycles. The number of phenols is 1. The molecular weight excluding hydrogens is 478 g/mol. The Bertz CT molecular complexity index is 1200. The number of carbonyl (C=O) groups excluding carboxylic acids is 1. The molecule has 4 rings (SSSR count). The van der Waals surface area contributed by atoms with Crippen molar-refractivity contribution in [3.05, 3.63) is 95.6 Å². The van der Waals surface area contributed by atoms with E-state index in [1.807, 2.05) is 73.7 Å². The van der Waals surface area contributed by atoms with Crippen LogP contribution in [0.3, 0.4) is 0 Å². The average Bonchev–Trinajstić information content (AvgIpc) is 2.96. The molecule has 0 bridgehead atoms. The maximum absolute atomic E-state index is 10.9. The third-order valence-corrected chi connectivity index (χ3v) is 6.54. The van der Waals surface area contributed by atoms with Crippen LogP contribution >= 0.6 is 0 Å². The number of aromatic hydroxyl groups is 1. The fraction of sp³-hybridized carbons (Fsp3) is 0.323. The number of amidine groups is 2. The lowest BCUT2D eigenvalue weighted by molar-refractivity contribution is -0.510. The van der Waals surface area contributed by atoms with Gasteiger partial charge in [-0.3, -0.25) is 0 Å². The van der Waals surface area contributed by atoms with Crippen molar-refractivity contribution >= 4 is 17.6 Å². The average molecular weight is 516 g/mol. The zero-order chi connectivity index (χ0) is 26.7. The van der Waals surface area contributed by atoms with Crippen LogP contribution in [0.4, 0.5) is 0 Å². The van der Waals surface area contributed by atoms with E-state index >= 15 is 0 Å². The highest BCUT2D eigenvalue weighted by atomic mass is 16.6. The Labute approximate surface area is 224 Å². The van der Waals surface area contributed by atoms with E-state index in [4.69, 9.17) is 14.5 Å². The van der Waals surface area contributed by atoms with Crippen molar-refractivity contribution in [1.29, 1.82) is 0 Å². The lowest BCUT2D eigenvalue weighted by Crippen LogP contribution is -2.80. The van der Waals surface area contributed by atoms with Crippen LogP contribution in [0.1, 0.15) is 62.4 Å². The summed E-state index contributed by atoms with van der Waals surface area (Å²) in [6.45, 7) is 4.66. The van der Waals surface area contributed by atoms with E-state index in [0.29, 0.717) is 17.1 Å². The highest BCUT2D eigenvalue weighted by Gasteiger charge is 2.28. The van der Waals surface area contributed by atoms with Crippen LogP contribution in [-0.2, 0) is 4.74 Å². The maximum atomic E-state index is 10.9. The summed E-state index contributed by atoms with van der Waals surface area (Å²) < 4.78 is 11.3. The minimum atomic E-state index is -0.500. The lowest BCUT2D eigenvalue weighted by atomic mass is 10.00. The minimum Gasteiger partial charge on any atom is -0.507 e. The molecule has 2 atom stereocenters. The zero-order valence-electron chi connectivity index (χ0n) is 22.1. The summed E-state index contributed by atoms with van der Waals surface area (Å²) >= 11 is 0. The van der Waals surface area contributed by atoms with Crippen LogP contribution in [-0.4, -0.2) is 40.8 Å². The predicted molar refractivity (Wildman–Crippen MR) is 150 cm³/mol. The molecule has 0 fully saturated rings. The number of rotatable bonds is 12. The number of hydrogen-bond donors (Lipinski definition) is 3. The number of benzene rings is 3. The summed E-state index contributed by atoms with van der Waals surface area (Å²) in [7, 11) is 0. The van der Waals surface area contributed by atoms with E-state index in [1.54, 1.807) is 12.1 Å². The maximum Gasteiger partial charge on any atom is 0.485 e. The van der Waals surface area contributed by atoms with Gasteiger partial charge >= 0.3 is 5.97 Å². The molecule has 38 heavy (non-hydrogen) atoms. The van der Waals surface area contributed by atoms with Gasteiger partial charge in [-0.1, -0.05) is 63.1 Å². The second-order valence-corrected chi connectivity index (χ2v) is 9.26. The number of ether oxygens (including phenoxy) is 2. The monoisotopic (exact) mass is 515 g/mol. The van der Waals surface area contributed by atoms with Gasteiger partial charge in [0, 0.05) is 11.6 Å². The molecule has 0 aliphatic carbocycles. The van der Waals surface area contributed by atoms with Gasteiger partial charge in [0.1, 0.15) is 24.0 Å². The largest absolute Gasteiger partial charge is 0.507 e. The number of phenolic OH excluding ortho intramolecular Hbond substituents is 1. The number of unbranched alkanes of at least 4 members (excludes halogenated alkanes) is 1. The fourth-order valence-electron chi connectivity index (χ4n) is 4.36. The molecule has 4 N–H and O–H groups in total. The SMILES string of the molecule is CCCCC(CC)C(=[OH+])OCCOc1ccc(C2N=C(c3ccccc3)NC(c3ccccc3)=[NH+]2)c(O)c1. The van der Waals surface area contributed by atoms with Crippen molar-refractivity contribution in [2.75, 3.05) is 13.2 Å². The number of nitrogens with zero attached hydrogens (tertiary/aromatic N) is 1. The summed E-state index contributed by atoms with van der Waals surface area (Å²) in [5, 5.41) is 14.3. The van der Waals surface area contributed by atoms with Gasteiger partial charge in [0.25, 0.3) is 5.84 Å². The van der Waals surface area contributed by atoms with Gasteiger partial charge in [0.2, 0.25) is 18.6 Å². The third-order valence-electron chi connectivity index (χ3n) is 6.54. The smallest absolute Gasteiger partial charge is 0.485 e. The number of aliphatic imine (C=N–C) groups is 1. The third kappa shape index (κ3) is 7.00. The molecule has 0 saturated heterocycles. The van der Waals surface area contributed by atoms with Crippen molar-refractivity contribution < 1.29 is 24.4 Å². The molecule has 7 heteroatoms. The van der Waals surface area contributed by atoms with Crippen LogP contribution in [0.5, 0.6) is 11.5 Å². The van der Waals surface area contributed by atoms with E-state index in [9.17, 15) is 9.90 Å². The van der Waals surface area contributed by atoms with E-state index in [1.165, 1.54) is 0 Å². The summed E-state index contributed by atoms with van der Waals surface area (Å²) in [5.41, 5.74) is 2.57. The van der Waals surface area contributed by atoms with E-state index in [-0.39, 0.29) is 30.9 Å². The first-order valence-corrected chi connectivity index (χ1v) is 13.3. The minimum absolute atomic E-state index is 0.0506. The van der Waals surface area contributed by atoms with Crippen molar-refractivity contribution in [2.24, 2.45) is 10.9 Å². The molecule has 3 aromatic rings. The quantitative estimate of drug-likeness (QED) is 0.192. The van der Waals surface area contributed by atoms with Crippen LogP contribution in [0.15, 0.2) is 83.9 Å². The molecular formula is C31H37N3O4+2. The standard InChI is InChI=1S/C31H35N3O4/c1-3-5-12-22(4-2)31(36)38-20-19-37-25-17-18-26(27(35)21-25)30-33-28(23-13-8-6-9-14-23)32-29(34-30)24-15-10-7-11-16-24/h6-11,13-18,21-22,30,35H,3-5,12,19-20H2,1-2H3,(H,32,33,34)/p+2. The van der Waals surface area contributed by atoms with Crippen LogP contribution in [0.2, 0.25) is 0 Å². The molecule has 0 spiro atoms. The van der Waals surface area contributed by atoms with Gasteiger partial charge in [-0.25, -0.2) is 10.3 Å². The molecule has 1 aliphatic heterocycles. The van der Waals surface area contributed by atoms with Gasteiger partial charge < -0.3 is 19.4 Å².